The average molecular weight is 2010 g/mol. The molecule has 6 aliphatic heterocycles. The van der Waals surface area contributed by atoms with Crippen molar-refractivity contribution >= 4 is 93.9 Å². The number of methoxy groups -OCH3 is 1. The number of aryl methyl sites for hydroxylation is 2. The predicted octanol–water partition coefficient (Wildman–Crippen LogP) is 19.1. The molecule has 6 saturated heterocycles. The zero-order valence-corrected chi connectivity index (χ0v) is 85.8. The van der Waals surface area contributed by atoms with Crippen molar-refractivity contribution in [1.29, 1.82) is 0 Å². The number of anilines is 5. The van der Waals surface area contributed by atoms with E-state index in [9.17, 15) is 24.8 Å². The fourth-order valence-electron chi connectivity index (χ4n) is 21.9. The van der Waals surface area contributed by atoms with Crippen molar-refractivity contribution in [3.05, 3.63) is 158 Å². The molecule has 40 heteroatoms. The molecule has 8 fully saturated rings. The summed E-state index contributed by atoms with van der Waals surface area (Å²) >= 11 is 14.0. The number of hydrogen-bond acceptors (Lipinski definition) is 33. The Labute approximate surface area is 838 Å². The number of aromatic hydroxyl groups is 4. The van der Waals surface area contributed by atoms with Crippen molar-refractivity contribution in [2.75, 3.05) is 98.1 Å². The van der Waals surface area contributed by atoms with E-state index in [0.29, 0.717) is 54.6 Å². The lowest BCUT2D eigenvalue weighted by molar-refractivity contribution is 0.139. The molecule has 2 atom stereocenters. The van der Waals surface area contributed by atoms with Crippen LogP contribution in [0.2, 0.25) is 5.02 Å². The van der Waals surface area contributed by atoms with Gasteiger partial charge >= 0.3 is 0 Å². The Morgan fingerprint density at radius 1 is 0.464 bits per heavy atom. The zero-order chi connectivity index (χ0) is 97.7. The Bertz CT molecular complexity index is 6550. The van der Waals surface area contributed by atoms with E-state index >= 15 is 0 Å². The summed E-state index contributed by atoms with van der Waals surface area (Å²) in [6.45, 7) is 26.6. The number of benzene rings is 5. The highest BCUT2D eigenvalue weighted by Crippen LogP contribution is 2.52. The number of phenolic OH excluding ortho intramolecular Hbond substituents is 4. The average Bonchev–Trinajstić information content (AvgIpc) is 1.24. The minimum absolute atomic E-state index is 0.0404. The van der Waals surface area contributed by atoms with E-state index < -0.39 is 5.82 Å². The van der Waals surface area contributed by atoms with Crippen molar-refractivity contribution < 1.29 is 29.6 Å². The Hall–Kier alpha value is -12.0. The summed E-state index contributed by atoms with van der Waals surface area (Å²) in [5.74, 6) is 2.14. The lowest BCUT2D eigenvalue weighted by atomic mass is 9.69. The van der Waals surface area contributed by atoms with Crippen LogP contribution >= 0.6 is 68.3 Å². The van der Waals surface area contributed by atoms with E-state index in [1.165, 1.54) is 99.0 Å². The van der Waals surface area contributed by atoms with Gasteiger partial charge in [0.15, 0.2) is 25.0 Å². The monoisotopic (exact) mass is 2010 g/mol. The molecule has 0 radical (unpaired) electrons. The molecule has 23 rings (SSSR count). The van der Waals surface area contributed by atoms with Crippen LogP contribution in [0.5, 0.6) is 28.7 Å². The van der Waals surface area contributed by atoms with Crippen molar-refractivity contribution in [2.45, 2.75) is 180 Å². The normalized spacial score (nSPS) is 19.2. The van der Waals surface area contributed by atoms with Crippen LogP contribution in [0.4, 0.5) is 30.0 Å². The molecule has 734 valence electrons. The van der Waals surface area contributed by atoms with E-state index in [-0.39, 0.29) is 50.7 Å². The number of piperidine rings is 3. The fraction of sp³-hybridized carbons (Fsp3) is 0.450. The molecular formula is C100H120ClFN28O5S5. The maximum Gasteiger partial charge on any atom is 0.208 e. The van der Waals surface area contributed by atoms with E-state index in [1.54, 1.807) is 112 Å². The zero-order valence-electron chi connectivity index (χ0n) is 81.0. The van der Waals surface area contributed by atoms with Gasteiger partial charge < -0.3 is 65.6 Å². The molecule has 2 aliphatic carbocycles. The Balaban J connectivity index is 0.000000112. The summed E-state index contributed by atoms with van der Waals surface area (Å²) in [5.41, 5.74) is 11.9. The molecule has 0 bridgehead atoms. The van der Waals surface area contributed by atoms with Crippen molar-refractivity contribution in [2.24, 2.45) is 36.8 Å². The molecule has 140 heavy (non-hydrogen) atoms. The minimum atomic E-state index is -0.512. The van der Waals surface area contributed by atoms with Crippen LogP contribution in [0.25, 0.3) is 103 Å². The molecule has 33 nitrogen and oxygen atoms in total. The second-order valence-electron chi connectivity index (χ2n) is 41.3. The second kappa shape index (κ2) is 39.9. The Kier molecular flexibility index (Phi) is 27.6. The van der Waals surface area contributed by atoms with Crippen LogP contribution < -0.4 is 45.2 Å². The summed E-state index contributed by atoms with van der Waals surface area (Å²) < 4.78 is 25.7. The van der Waals surface area contributed by atoms with Gasteiger partial charge in [-0.2, -0.15) is 25.5 Å². The molecule has 2 spiro atoms. The number of H-pyrrole nitrogens is 2. The first-order valence-corrected chi connectivity index (χ1v) is 52.2. The van der Waals surface area contributed by atoms with E-state index in [4.69, 9.17) is 16.3 Å². The third-order valence-electron chi connectivity index (χ3n) is 28.2. The number of nitrogens with zero attached hydrogens (tertiary/aromatic N) is 23. The number of aromatic nitrogens is 20. The molecular weight excluding hydrogens is 1890 g/mol. The summed E-state index contributed by atoms with van der Waals surface area (Å²) in [5, 5.41) is 131. The molecule has 9 N–H and O–H groups in total. The predicted molar refractivity (Wildman–Crippen MR) is 555 cm³/mol. The number of hydrogen-bond donors (Lipinski definition) is 9. The lowest BCUT2D eigenvalue weighted by Gasteiger charge is -2.52. The molecule has 0 amide bonds. The highest BCUT2D eigenvalue weighted by molar-refractivity contribution is 7.20. The van der Waals surface area contributed by atoms with Crippen LogP contribution in [0.1, 0.15) is 145 Å². The van der Waals surface area contributed by atoms with Gasteiger partial charge in [0.25, 0.3) is 0 Å². The number of rotatable bonds is 18. The van der Waals surface area contributed by atoms with Crippen LogP contribution in [-0.2, 0) is 14.1 Å². The number of aromatic amines is 2. The molecule has 2 saturated carbocycles. The van der Waals surface area contributed by atoms with Gasteiger partial charge in [-0.25, -0.2) is 9.07 Å². The maximum absolute atomic E-state index is 14.7. The minimum Gasteiger partial charge on any atom is -0.507 e. The van der Waals surface area contributed by atoms with Crippen LogP contribution in [0.15, 0.2) is 147 Å². The number of halogens is 2. The van der Waals surface area contributed by atoms with Gasteiger partial charge in [-0.1, -0.05) is 106 Å². The van der Waals surface area contributed by atoms with Gasteiger partial charge in [0.2, 0.25) is 25.7 Å². The van der Waals surface area contributed by atoms with Gasteiger partial charge in [-0.05, 0) is 227 Å². The summed E-state index contributed by atoms with van der Waals surface area (Å²) in [4.78, 5) is 11.4. The second-order valence-corrected chi connectivity index (χ2v) is 46.5. The maximum atomic E-state index is 14.7. The molecule has 5 aromatic carbocycles. The van der Waals surface area contributed by atoms with Crippen LogP contribution in [0, 0.1) is 28.5 Å². The third kappa shape index (κ3) is 21.5. The smallest absolute Gasteiger partial charge is 0.208 e. The standard InChI is InChI=1S/C22H30N6OS.C21H27ClN6OS.C20H23N5OS.C19H22N6OS.C18H18FN5OS/c1-21(2)13-16(14-22(3,4)26-21)27(5)20-25-24-19(30-20)17-9-8-15(12-18(17)29-6)28-11-7-10-23-28;1-20(2)8-14(9-21(3,4)27-20)28(5)19-26-25-18(30-19)17-15(22)6-12(7-16(17)29)13-10-23-24-11-13;1-24-11-15(10-21-24)14-5-6-16(17(26)9-14)18-22-23-19(27-18)25-12-20(13-25)7-3-2-4-8-20;1-24-9-14(8-21-24)13-3-4-15(16(26)7-13)17-22-23-18(27-17)25-11-19(12-25)5-2-6-20-10-19;19-14-4-12(13-6-20-21-7-13)5-15(25)16(14)17-22-23-18(26-17)24-8-10-2-1-3-11(10)9-24/h7-12,16,26H,13-14H2,1-6H3;6-7,10-11,14,27,29H,8-9H2,1-5H3,(H,23,24);5-6,9-11,26H,2-4,7-8,12-13H2,1H3;3-4,7-9,20,26H,2,5-6,10-12H2,1H3;4-7,10-11,25H,1-3,8-9H2,(H,20,21)/t;;;;10-,11+. The van der Waals surface area contributed by atoms with Gasteiger partial charge in [-0.15, -0.1) is 51.0 Å². The highest BCUT2D eigenvalue weighted by Gasteiger charge is 2.48. The fourth-order valence-corrected chi connectivity index (χ4v) is 26.8. The topological polar surface area (TPSA) is 382 Å². The molecule has 15 aromatic rings. The Morgan fingerprint density at radius 2 is 0.929 bits per heavy atom. The SMILES string of the molecule is CN(c1nnc(-c2c(O)cc(-c3cn[nH]c3)cc2Cl)s1)C1CC(C)(C)NC(C)(C)C1.COc1cc(-n2cccn2)ccc1-c1nnc(N(C)C2CC(C)(C)NC(C)(C)C2)s1.Cn1cc(-c2ccc(-c3nnc(N4CC5(CCCCC5)C4)s3)c(O)c2)cn1.Cn1cc(-c2ccc(-c3nnc(N4CC5(CCCNC5)C4)s3)c(O)c2)cn1.Oc1cc(-c2cn[nH]c2)cc(F)c1-c1nnc(N2C[C@H]3CCC[C@H]3C2)s1. The number of ether oxygens (including phenoxy) is 1. The summed E-state index contributed by atoms with van der Waals surface area (Å²) in [6.07, 6.45) is 35.2. The third-order valence-corrected chi connectivity index (χ3v) is 33.6. The van der Waals surface area contributed by atoms with Crippen LogP contribution in [-0.4, -0.2) is 229 Å². The Morgan fingerprint density at radius 3 is 1.41 bits per heavy atom. The van der Waals surface area contributed by atoms with Crippen LogP contribution in [0.3, 0.4) is 0 Å². The van der Waals surface area contributed by atoms with Gasteiger partial charge in [0, 0.05) is 185 Å². The van der Waals surface area contributed by atoms with E-state index in [2.05, 4.69) is 197 Å². The molecule has 0 unspecified atom stereocenters. The quantitative estimate of drug-likeness (QED) is 0.0385. The molecule has 10 aromatic heterocycles. The first kappa shape index (κ1) is 96.9. The lowest BCUT2D eigenvalue weighted by Crippen LogP contribution is -2.62. The van der Waals surface area contributed by atoms with Crippen molar-refractivity contribution in [1.82, 2.24) is 117 Å². The molecule has 16 heterocycles. The van der Waals surface area contributed by atoms with Crippen molar-refractivity contribution in [3.63, 3.8) is 0 Å². The first-order chi connectivity index (χ1) is 67.1. The number of phenols is 4. The van der Waals surface area contributed by atoms with Gasteiger partial charge in [0.05, 0.1) is 70.4 Å². The first-order valence-electron chi connectivity index (χ1n) is 47.7. The van der Waals surface area contributed by atoms with E-state index in [0.717, 1.165) is 192 Å². The summed E-state index contributed by atoms with van der Waals surface area (Å²) in [7, 11) is 9.64. The largest absolute Gasteiger partial charge is 0.507 e. The van der Waals surface area contributed by atoms with Crippen molar-refractivity contribution in [3.8, 4) is 132 Å². The van der Waals surface area contributed by atoms with Gasteiger partial charge in [0.1, 0.15) is 34.6 Å². The van der Waals surface area contributed by atoms with E-state index in [1.807, 2.05) is 92.0 Å². The highest BCUT2D eigenvalue weighted by atomic mass is 35.5. The number of fused-ring (bicyclic) bond motifs is 1. The van der Waals surface area contributed by atoms with Gasteiger partial charge in [-0.3, -0.25) is 19.6 Å². The summed E-state index contributed by atoms with van der Waals surface area (Å²) in [6, 6.07) is 26.4. The molecule has 8 aliphatic rings. The number of nitrogens with one attached hydrogen (secondary N) is 5.